The lowest BCUT2D eigenvalue weighted by atomic mass is 10.1. The number of aromatic amines is 1. The summed E-state index contributed by atoms with van der Waals surface area (Å²) in [5, 5.41) is 11.9. The molecule has 0 spiro atoms. The van der Waals surface area contributed by atoms with Gasteiger partial charge in [-0.05, 0) is 49.6 Å². The number of nitrogens with one attached hydrogen (secondary N) is 3. The molecule has 3 N–H and O–H groups in total. The quantitative estimate of drug-likeness (QED) is 0.199. The Bertz CT molecular complexity index is 843. The van der Waals surface area contributed by atoms with Crippen molar-refractivity contribution >= 4 is 40.8 Å². The third kappa shape index (κ3) is 6.23. The van der Waals surface area contributed by atoms with E-state index >= 15 is 0 Å². The molecule has 0 saturated carbocycles. The van der Waals surface area contributed by atoms with Crippen molar-refractivity contribution < 1.29 is 4.39 Å². The van der Waals surface area contributed by atoms with Gasteiger partial charge < -0.3 is 15.6 Å². The highest BCUT2D eigenvalue weighted by atomic mass is 127. The SMILES string of the molecule is CCNC(=NCCCn1cccn1)NCCc1c[nH]c2cc(F)ccc12.I. The van der Waals surface area contributed by atoms with Crippen LogP contribution in [0.15, 0.2) is 47.8 Å². The lowest BCUT2D eigenvalue weighted by molar-refractivity contribution is 0.584. The zero-order chi connectivity index (χ0) is 18.2. The molecule has 0 fully saturated rings. The molecule has 0 atom stereocenters. The zero-order valence-electron chi connectivity index (χ0n) is 15.4. The van der Waals surface area contributed by atoms with Gasteiger partial charge in [0.1, 0.15) is 5.82 Å². The van der Waals surface area contributed by atoms with Gasteiger partial charge in [0.05, 0.1) is 0 Å². The van der Waals surface area contributed by atoms with Crippen LogP contribution in [0.2, 0.25) is 0 Å². The maximum absolute atomic E-state index is 13.3. The molecule has 146 valence electrons. The Morgan fingerprint density at radius 2 is 2.22 bits per heavy atom. The number of fused-ring (bicyclic) bond motifs is 1. The van der Waals surface area contributed by atoms with Gasteiger partial charge in [-0.1, -0.05) is 0 Å². The van der Waals surface area contributed by atoms with Crippen LogP contribution < -0.4 is 10.6 Å². The average Bonchev–Trinajstić information content (AvgIpc) is 3.28. The van der Waals surface area contributed by atoms with E-state index in [4.69, 9.17) is 0 Å². The number of aryl methyl sites for hydroxylation is 1. The molecular formula is C19H26FIN6. The van der Waals surface area contributed by atoms with Gasteiger partial charge in [0, 0.05) is 55.7 Å². The molecule has 2 heterocycles. The first kappa shape index (κ1) is 21.2. The second-order valence-corrected chi connectivity index (χ2v) is 6.06. The third-order valence-corrected chi connectivity index (χ3v) is 4.13. The molecule has 0 unspecified atom stereocenters. The molecule has 2 aromatic heterocycles. The summed E-state index contributed by atoms with van der Waals surface area (Å²) in [4.78, 5) is 7.73. The number of hydrogen-bond donors (Lipinski definition) is 3. The molecule has 3 aromatic rings. The second kappa shape index (κ2) is 10.9. The predicted octanol–water partition coefficient (Wildman–Crippen LogP) is 3.31. The maximum Gasteiger partial charge on any atom is 0.191 e. The molecule has 0 radical (unpaired) electrons. The van der Waals surface area contributed by atoms with Crippen LogP contribution >= 0.6 is 24.0 Å². The fourth-order valence-corrected chi connectivity index (χ4v) is 2.88. The second-order valence-electron chi connectivity index (χ2n) is 6.06. The summed E-state index contributed by atoms with van der Waals surface area (Å²) in [6.45, 7) is 5.23. The Kier molecular flexibility index (Phi) is 8.56. The first-order chi connectivity index (χ1) is 12.8. The van der Waals surface area contributed by atoms with Crippen LogP contribution in [0, 0.1) is 5.82 Å². The van der Waals surface area contributed by atoms with E-state index in [-0.39, 0.29) is 29.8 Å². The highest BCUT2D eigenvalue weighted by Gasteiger charge is 2.05. The summed E-state index contributed by atoms with van der Waals surface area (Å²) in [5.41, 5.74) is 2.00. The van der Waals surface area contributed by atoms with Gasteiger partial charge >= 0.3 is 0 Å². The Balaban J connectivity index is 0.00000261. The minimum Gasteiger partial charge on any atom is -0.361 e. The molecule has 3 rings (SSSR count). The summed E-state index contributed by atoms with van der Waals surface area (Å²) < 4.78 is 15.2. The van der Waals surface area contributed by atoms with E-state index < -0.39 is 0 Å². The zero-order valence-corrected chi connectivity index (χ0v) is 17.7. The van der Waals surface area contributed by atoms with Gasteiger partial charge in [0.2, 0.25) is 0 Å². The molecule has 0 bridgehead atoms. The number of nitrogens with zero attached hydrogens (tertiary/aromatic N) is 3. The largest absolute Gasteiger partial charge is 0.361 e. The maximum atomic E-state index is 13.3. The van der Waals surface area contributed by atoms with Crippen LogP contribution in [-0.4, -0.2) is 40.4 Å². The van der Waals surface area contributed by atoms with E-state index in [2.05, 4.69) is 32.6 Å². The van der Waals surface area contributed by atoms with Crippen LogP contribution in [0.1, 0.15) is 18.9 Å². The van der Waals surface area contributed by atoms with Gasteiger partial charge in [-0.15, -0.1) is 24.0 Å². The Labute approximate surface area is 175 Å². The molecule has 0 amide bonds. The van der Waals surface area contributed by atoms with Crippen molar-refractivity contribution in [2.24, 2.45) is 4.99 Å². The summed E-state index contributed by atoms with van der Waals surface area (Å²) in [6.07, 6.45) is 7.46. The van der Waals surface area contributed by atoms with Crippen molar-refractivity contribution in [1.29, 1.82) is 0 Å². The molecule has 0 aliphatic rings. The highest BCUT2D eigenvalue weighted by Crippen LogP contribution is 2.19. The van der Waals surface area contributed by atoms with Gasteiger partial charge in [0.25, 0.3) is 0 Å². The molecule has 1 aromatic carbocycles. The highest BCUT2D eigenvalue weighted by molar-refractivity contribution is 14.0. The van der Waals surface area contributed by atoms with E-state index in [0.29, 0.717) is 0 Å². The molecule has 0 saturated heterocycles. The molecular weight excluding hydrogens is 458 g/mol. The van der Waals surface area contributed by atoms with Crippen molar-refractivity contribution in [3.05, 3.63) is 54.2 Å². The van der Waals surface area contributed by atoms with E-state index in [1.165, 1.54) is 17.7 Å². The molecule has 0 aliphatic heterocycles. The van der Waals surface area contributed by atoms with Crippen LogP contribution in [-0.2, 0) is 13.0 Å². The first-order valence-corrected chi connectivity index (χ1v) is 9.01. The standard InChI is InChI=1S/C19H25FN6.HI/c1-2-21-19(22-8-3-11-26-12-4-9-25-26)23-10-7-15-14-24-18-13-16(20)5-6-17(15)18;/h4-6,9,12-14,24H,2-3,7-8,10-11H2,1H3,(H2,21,22,23);1H. The fraction of sp³-hybridized carbons (Fsp3) is 0.368. The smallest absolute Gasteiger partial charge is 0.191 e. The van der Waals surface area contributed by atoms with Crippen LogP contribution in [0.25, 0.3) is 10.9 Å². The minimum absolute atomic E-state index is 0. The van der Waals surface area contributed by atoms with Gasteiger partial charge in [0.15, 0.2) is 5.96 Å². The topological polar surface area (TPSA) is 70.0 Å². The Morgan fingerprint density at radius 1 is 1.33 bits per heavy atom. The number of aromatic nitrogens is 3. The molecule has 8 heteroatoms. The van der Waals surface area contributed by atoms with Crippen molar-refractivity contribution in [3.63, 3.8) is 0 Å². The predicted molar refractivity (Wildman–Crippen MR) is 118 cm³/mol. The average molecular weight is 484 g/mol. The summed E-state index contributed by atoms with van der Waals surface area (Å²) in [5.74, 6) is 0.597. The van der Waals surface area contributed by atoms with Gasteiger partial charge in [-0.25, -0.2) is 4.39 Å². The summed E-state index contributed by atoms with van der Waals surface area (Å²) >= 11 is 0. The van der Waals surface area contributed by atoms with E-state index in [9.17, 15) is 4.39 Å². The van der Waals surface area contributed by atoms with Crippen molar-refractivity contribution in [2.75, 3.05) is 19.6 Å². The number of rotatable bonds is 8. The van der Waals surface area contributed by atoms with Crippen molar-refractivity contribution in [3.8, 4) is 0 Å². The summed E-state index contributed by atoms with van der Waals surface area (Å²) in [6, 6.07) is 6.77. The number of H-pyrrole nitrogens is 1. The minimum atomic E-state index is -0.222. The monoisotopic (exact) mass is 484 g/mol. The van der Waals surface area contributed by atoms with Crippen molar-refractivity contribution in [2.45, 2.75) is 26.3 Å². The number of aliphatic imine (C=N–C) groups is 1. The van der Waals surface area contributed by atoms with Gasteiger partial charge in [-0.2, -0.15) is 5.10 Å². The fourth-order valence-electron chi connectivity index (χ4n) is 2.88. The van der Waals surface area contributed by atoms with E-state index in [1.807, 2.05) is 29.2 Å². The molecule has 6 nitrogen and oxygen atoms in total. The normalized spacial score (nSPS) is 11.4. The van der Waals surface area contributed by atoms with Gasteiger partial charge in [-0.3, -0.25) is 9.67 Å². The number of hydrogen-bond acceptors (Lipinski definition) is 2. The van der Waals surface area contributed by atoms with Crippen LogP contribution in [0.5, 0.6) is 0 Å². The first-order valence-electron chi connectivity index (χ1n) is 9.01. The van der Waals surface area contributed by atoms with E-state index in [0.717, 1.165) is 55.9 Å². The van der Waals surface area contributed by atoms with Crippen molar-refractivity contribution in [1.82, 2.24) is 25.4 Å². The third-order valence-electron chi connectivity index (χ3n) is 4.13. The number of benzene rings is 1. The Morgan fingerprint density at radius 3 is 3.00 bits per heavy atom. The number of halogens is 2. The molecule has 27 heavy (non-hydrogen) atoms. The van der Waals surface area contributed by atoms with Crippen LogP contribution in [0.3, 0.4) is 0 Å². The Hall–Kier alpha value is -2.10. The summed E-state index contributed by atoms with van der Waals surface area (Å²) in [7, 11) is 0. The van der Waals surface area contributed by atoms with E-state index in [1.54, 1.807) is 6.20 Å². The lowest BCUT2D eigenvalue weighted by Gasteiger charge is -2.11. The molecule has 0 aliphatic carbocycles. The van der Waals surface area contributed by atoms with Crippen LogP contribution in [0.4, 0.5) is 4.39 Å². The number of guanidine groups is 1. The lowest BCUT2D eigenvalue weighted by Crippen LogP contribution is -2.38.